The Morgan fingerprint density at radius 3 is 2.33 bits per heavy atom. The van der Waals surface area contributed by atoms with Crippen molar-refractivity contribution in [1.82, 2.24) is 4.31 Å². The molecule has 4 rings (SSSR count). The molecule has 3 aromatic carbocycles. The number of aryl methyl sites for hydroxylation is 1. The van der Waals surface area contributed by atoms with Crippen LogP contribution in [-0.4, -0.2) is 51.4 Å². The van der Waals surface area contributed by atoms with Gasteiger partial charge in [-0.15, -0.1) is 0 Å². The maximum atomic E-state index is 12.8. The van der Waals surface area contributed by atoms with Gasteiger partial charge in [-0.25, -0.2) is 8.42 Å². The number of amides is 1. The molecule has 0 unspecified atom stereocenters. The highest BCUT2D eigenvalue weighted by atomic mass is 32.2. The summed E-state index contributed by atoms with van der Waals surface area (Å²) < 4.78 is 27.1. The van der Waals surface area contributed by atoms with E-state index >= 15 is 0 Å². The molecule has 0 atom stereocenters. The molecule has 1 aliphatic heterocycles. The van der Waals surface area contributed by atoms with Crippen molar-refractivity contribution in [3.05, 3.63) is 72.3 Å². The van der Waals surface area contributed by atoms with Crippen LogP contribution in [0.15, 0.2) is 71.6 Å². The molecule has 0 radical (unpaired) electrons. The number of piperazine rings is 1. The summed E-state index contributed by atoms with van der Waals surface area (Å²) in [6, 6.07) is 20.8. The summed E-state index contributed by atoms with van der Waals surface area (Å²) in [5.41, 5.74) is 1.80. The van der Waals surface area contributed by atoms with Gasteiger partial charge in [-0.1, -0.05) is 48.0 Å². The van der Waals surface area contributed by atoms with Crippen molar-refractivity contribution in [3.8, 4) is 0 Å². The van der Waals surface area contributed by atoms with Crippen LogP contribution in [0, 0.1) is 6.92 Å². The third-order valence-corrected chi connectivity index (χ3v) is 7.44. The smallest absolute Gasteiger partial charge is 0.279 e. The van der Waals surface area contributed by atoms with E-state index in [0.29, 0.717) is 37.6 Å². The molecule has 0 spiro atoms. The molecule has 30 heavy (non-hydrogen) atoms. The van der Waals surface area contributed by atoms with Gasteiger partial charge in [0.25, 0.3) is 5.91 Å². The summed E-state index contributed by atoms with van der Waals surface area (Å²) in [6.07, 6.45) is 0. The molecule has 1 saturated heterocycles. The molecule has 6 nitrogen and oxygen atoms in total. The number of fused-ring (bicyclic) bond motifs is 1. The summed E-state index contributed by atoms with van der Waals surface area (Å²) in [4.78, 5) is 13.9. The normalized spacial score (nSPS) is 15.9. The highest BCUT2D eigenvalue weighted by Gasteiger charge is 2.31. The molecule has 7 heteroatoms. The van der Waals surface area contributed by atoms with Crippen LogP contribution in [-0.2, 0) is 14.8 Å². The zero-order valence-electron chi connectivity index (χ0n) is 17.0. The second-order valence-corrected chi connectivity index (χ2v) is 9.69. The largest absolute Gasteiger partial charge is 0.325 e. The molecular weight excluding hydrogens is 398 g/mol. The topological polar surface area (TPSA) is 70.9 Å². The van der Waals surface area contributed by atoms with Gasteiger partial charge >= 0.3 is 0 Å². The van der Waals surface area contributed by atoms with Gasteiger partial charge in [0.1, 0.15) is 0 Å². The van der Waals surface area contributed by atoms with E-state index in [1.54, 1.807) is 12.1 Å². The number of carbonyl (C=O) groups excluding carboxylic acids is 1. The lowest BCUT2D eigenvalue weighted by molar-refractivity contribution is -0.895. The molecule has 0 saturated carbocycles. The van der Waals surface area contributed by atoms with Crippen LogP contribution in [0.2, 0.25) is 0 Å². The summed E-state index contributed by atoms with van der Waals surface area (Å²) in [6.45, 7) is 4.29. The lowest BCUT2D eigenvalue weighted by Gasteiger charge is -2.31. The molecule has 2 N–H and O–H groups in total. The number of rotatable bonds is 5. The van der Waals surface area contributed by atoms with Gasteiger partial charge < -0.3 is 10.2 Å². The molecule has 156 valence electrons. The van der Waals surface area contributed by atoms with Crippen LogP contribution < -0.4 is 10.2 Å². The van der Waals surface area contributed by atoms with E-state index in [1.165, 1.54) is 4.31 Å². The number of quaternary nitrogens is 1. The number of benzene rings is 3. The summed E-state index contributed by atoms with van der Waals surface area (Å²) in [5.74, 6) is -0.0601. The molecule has 1 heterocycles. The van der Waals surface area contributed by atoms with Crippen molar-refractivity contribution in [2.75, 3.05) is 38.0 Å². The Labute approximate surface area is 177 Å². The number of hydrogen-bond donors (Lipinski definition) is 2. The van der Waals surface area contributed by atoms with Crippen LogP contribution in [0.25, 0.3) is 10.8 Å². The number of sulfonamides is 1. The van der Waals surface area contributed by atoms with E-state index < -0.39 is 10.0 Å². The Bertz CT molecular complexity index is 1150. The maximum Gasteiger partial charge on any atom is 0.279 e. The minimum atomic E-state index is -3.48. The third-order valence-electron chi connectivity index (χ3n) is 5.53. The first-order valence-corrected chi connectivity index (χ1v) is 11.5. The first kappa shape index (κ1) is 20.5. The Balaban J connectivity index is 1.32. The van der Waals surface area contributed by atoms with E-state index in [2.05, 4.69) is 5.32 Å². The van der Waals surface area contributed by atoms with E-state index in [9.17, 15) is 13.2 Å². The fourth-order valence-corrected chi connectivity index (χ4v) is 5.22. The van der Waals surface area contributed by atoms with Crippen LogP contribution in [0.5, 0.6) is 0 Å². The van der Waals surface area contributed by atoms with Gasteiger partial charge in [-0.2, -0.15) is 4.31 Å². The standard InChI is InChI=1S/C23H25N3O3S/c1-18-6-10-22(11-7-18)30(28,29)26-14-12-25(13-15-26)17-23(27)24-21-9-8-19-4-2-3-5-20(19)16-21/h2-11,16H,12-15,17H2,1H3,(H,24,27)/p+1. The maximum absolute atomic E-state index is 12.8. The highest BCUT2D eigenvalue weighted by molar-refractivity contribution is 7.89. The molecule has 1 fully saturated rings. The van der Waals surface area contributed by atoms with E-state index in [4.69, 9.17) is 0 Å². The van der Waals surface area contributed by atoms with Gasteiger partial charge in [-0.3, -0.25) is 4.79 Å². The van der Waals surface area contributed by atoms with Gasteiger partial charge in [0.15, 0.2) is 6.54 Å². The van der Waals surface area contributed by atoms with Gasteiger partial charge in [0.2, 0.25) is 10.0 Å². The zero-order valence-corrected chi connectivity index (χ0v) is 17.8. The Kier molecular flexibility index (Phi) is 5.85. The monoisotopic (exact) mass is 424 g/mol. The summed E-state index contributed by atoms with van der Waals surface area (Å²) in [5, 5.41) is 5.17. The average Bonchev–Trinajstić information content (AvgIpc) is 2.74. The van der Waals surface area contributed by atoms with E-state index in [1.807, 2.05) is 61.5 Å². The molecule has 1 amide bonds. The van der Waals surface area contributed by atoms with Crippen molar-refractivity contribution in [1.29, 1.82) is 0 Å². The SMILES string of the molecule is Cc1ccc(S(=O)(=O)N2CC[NH+](CC(=O)Nc3ccc4ccccc4c3)CC2)cc1. The van der Waals surface area contributed by atoms with Crippen molar-refractivity contribution in [3.63, 3.8) is 0 Å². The third kappa shape index (κ3) is 4.53. The predicted molar refractivity (Wildman–Crippen MR) is 118 cm³/mol. The van der Waals surface area contributed by atoms with Crippen LogP contribution in [0.1, 0.15) is 5.56 Å². The van der Waals surface area contributed by atoms with Crippen LogP contribution in [0.3, 0.4) is 0 Å². The number of anilines is 1. The minimum Gasteiger partial charge on any atom is -0.325 e. The molecule has 1 aliphatic rings. The second kappa shape index (κ2) is 8.55. The minimum absolute atomic E-state index is 0.0601. The Hall–Kier alpha value is -2.74. The van der Waals surface area contributed by atoms with E-state index in [-0.39, 0.29) is 5.91 Å². The second-order valence-electron chi connectivity index (χ2n) is 7.75. The molecule has 0 bridgehead atoms. The van der Waals surface area contributed by atoms with Gasteiger partial charge in [0.05, 0.1) is 31.1 Å². The highest BCUT2D eigenvalue weighted by Crippen LogP contribution is 2.19. The average molecular weight is 425 g/mol. The summed E-state index contributed by atoms with van der Waals surface area (Å²) in [7, 11) is -3.48. The van der Waals surface area contributed by atoms with Crippen molar-refractivity contribution < 1.29 is 18.1 Å². The Morgan fingerprint density at radius 1 is 0.967 bits per heavy atom. The first-order valence-electron chi connectivity index (χ1n) is 10.1. The van der Waals surface area contributed by atoms with Crippen molar-refractivity contribution >= 4 is 32.4 Å². The quantitative estimate of drug-likeness (QED) is 0.655. The van der Waals surface area contributed by atoms with Crippen LogP contribution >= 0.6 is 0 Å². The zero-order chi connectivity index (χ0) is 21.1. The summed E-state index contributed by atoms with van der Waals surface area (Å²) >= 11 is 0. The fraction of sp³-hybridized carbons (Fsp3) is 0.261. The van der Waals surface area contributed by atoms with Crippen LogP contribution in [0.4, 0.5) is 5.69 Å². The number of carbonyl (C=O) groups is 1. The van der Waals surface area contributed by atoms with Crippen molar-refractivity contribution in [2.24, 2.45) is 0 Å². The lowest BCUT2D eigenvalue weighted by atomic mass is 10.1. The van der Waals surface area contributed by atoms with Gasteiger partial charge in [-0.05, 0) is 42.0 Å². The molecule has 0 aliphatic carbocycles. The predicted octanol–water partition coefficient (Wildman–Crippen LogP) is 1.68. The van der Waals surface area contributed by atoms with Gasteiger partial charge in [0, 0.05) is 5.69 Å². The number of nitrogens with one attached hydrogen (secondary N) is 2. The van der Waals surface area contributed by atoms with E-state index in [0.717, 1.165) is 26.9 Å². The first-order chi connectivity index (χ1) is 14.4. The van der Waals surface area contributed by atoms with Crippen molar-refractivity contribution in [2.45, 2.75) is 11.8 Å². The molecule has 3 aromatic rings. The Morgan fingerprint density at radius 2 is 1.63 bits per heavy atom. The number of hydrogen-bond acceptors (Lipinski definition) is 3. The number of nitrogens with zero attached hydrogens (tertiary/aromatic N) is 1. The fourth-order valence-electron chi connectivity index (χ4n) is 3.78. The lowest BCUT2D eigenvalue weighted by Crippen LogP contribution is -3.15. The molecular formula is C23H26N3O3S+. The molecule has 0 aromatic heterocycles.